The summed E-state index contributed by atoms with van der Waals surface area (Å²) in [6, 6.07) is 25.9. The largest absolute Gasteiger partial charge is 1.00 e. The van der Waals surface area contributed by atoms with Gasteiger partial charge in [-0.05, 0) is 29.5 Å². The Morgan fingerprint density at radius 3 is 1.71 bits per heavy atom. The standard InChI is InChI=1S/C21H23N2.HI/c22-17-23-15-13-18(14-16-23)11-12-21(19-7-3-1-4-8-19)20-9-5-2-6-10-20;/h1-10,13-16,21H,11-12,17,22H2;1H/q+1;/p-1. The minimum Gasteiger partial charge on any atom is -1.00 e. The third-order valence-electron chi connectivity index (χ3n) is 4.30. The molecule has 3 aromatic rings. The molecule has 3 rings (SSSR count). The summed E-state index contributed by atoms with van der Waals surface area (Å²) < 4.78 is 1.98. The van der Waals surface area contributed by atoms with Gasteiger partial charge in [0.1, 0.15) is 0 Å². The van der Waals surface area contributed by atoms with Gasteiger partial charge in [-0.1, -0.05) is 60.7 Å². The summed E-state index contributed by atoms with van der Waals surface area (Å²) in [6.45, 7) is 0.525. The van der Waals surface area contributed by atoms with Gasteiger partial charge in [0.15, 0.2) is 19.1 Å². The summed E-state index contributed by atoms with van der Waals surface area (Å²) in [5.41, 5.74) is 9.75. The number of hydrogen-bond donors (Lipinski definition) is 1. The maximum absolute atomic E-state index is 5.64. The van der Waals surface area contributed by atoms with Crippen molar-refractivity contribution in [1.82, 2.24) is 0 Å². The lowest BCUT2D eigenvalue weighted by Crippen LogP contribution is -3.00. The number of nitrogens with two attached hydrogens (primary N) is 1. The lowest BCUT2D eigenvalue weighted by atomic mass is 9.86. The van der Waals surface area contributed by atoms with Crippen LogP contribution in [0.5, 0.6) is 0 Å². The van der Waals surface area contributed by atoms with Crippen LogP contribution in [0.3, 0.4) is 0 Å². The molecule has 0 radical (unpaired) electrons. The minimum absolute atomic E-state index is 0. The van der Waals surface area contributed by atoms with E-state index in [-0.39, 0.29) is 24.0 Å². The van der Waals surface area contributed by atoms with Crippen molar-refractivity contribution in [2.24, 2.45) is 5.73 Å². The molecule has 1 heterocycles. The fourth-order valence-electron chi connectivity index (χ4n) is 2.98. The summed E-state index contributed by atoms with van der Waals surface area (Å²) >= 11 is 0. The Hall–Kier alpha value is -1.72. The molecule has 0 aliphatic rings. The number of aryl methyl sites for hydroxylation is 1. The van der Waals surface area contributed by atoms with Crippen LogP contribution in [0.1, 0.15) is 29.0 Å². The van der Waals surface area contributed by atoms with Crippen LogP contribution in [-0.4, -0.2) is 0 Å². The van der Waals surface area contributed by atoms with E-state index in [2.05, 4.69) is 85.2 Å². The van der Waals surface area contributed by atoms with Crippen LogP contribution in [0.4, 0.5) is 0 Å². The number of benzene rings is 2. The number of rotatable bonds is 6. The highest BCUT2D eigenvalue weighted by atomic mass is 127. The van der Waals surface area contributed by atoms with Gasteiger partial charge in [-0.2, -0.15) is 4.57 Å². The van der Waals surface area contributed by atoms with Gasteiger partial charge in [-0.25, -0.2) is 0 Å². The molecule has 0 fully saturated rings. The molecule has 2 aromatic carbocycles. The fraction of sp³-hybridized carbons (Fsp3) is 0.190. The van der Waals surface area contributed by atoms with Crippen molar-refractivity contribution in [3.8, 4) is 0 Å². The molecule has 124 valence electrons. The normalized spacial score (nSPS) is 10.4. The van der Waals surface area contributed by atoms with Crippen LogP contribution >= 0.6 is 0 Å². The predicted molar refractivity (Wildman–Crippen MR) is 93.9 cm³/mol. The molecule has 1 aromatic heterocycles. The van der Waals surface area contributed by atoms with Gasteiger partial charge < -0.3 is 24.0 Å². The molecule has 2 nitrogen and oxygen atoms in total. The molecule has 0 spiro atoms. The van der Waals surface area contributed by atoms with Crippen LogP contribution in [0.15, 0.2) is 85.2 Å². The fourth-order valence-corrected chi connectivity index (χ4v) is 2.98. The molecule has 2 N–H and O–H groups in total. The van der Waals surface area contributed by atoms with E-state index in [0.717, 1.165) is 12.8 Å². The van der Waals surface area contributed by atoms with Crippen LogP contribution in [0.2, 0.25) is 0 Å². The maximum Gasteiger partial charge on any atom is 0.199 e. The monoisotopic (exact) mass is 430 g/mol. The molecule has 0 unspecified atom stereocenters. The van der Waals surface area contributed by atoms with Gasteiger partial charge in [0.25, 0.3) is 0 Å². The van der Waals surface area contributed by atoms with E-state index in [0.29, 0.717) is 12.6 Å². The summed E-state index contributed by atoms with van der Waals surface area (Å²) in [5, 5.41) is 0. The third kappa shape index (κ3) is 4.89. The second-order valence-corrected chi connectivity index (χ2v) is 5.82. The van der Waals surface area contributed by atoms with Gasteiger partial charge in [-0.3, -0.25) is 5.73 Å². The summed E-state index contributed by atoms with van der Waals surface area (Å²) in [4.78, 5) is 0. The van der Waals surface area contributed by atoms with E-state index in [4.69, 9.17) is 5.73 Å². The van der Waals surface area contributed by atoms with Crippen molar-refractivity contribution in [3.63, 3.8) is 0 Å². The van der Waals surface area contributed by atoms with E-state index in [1.807, 2.05) is 4.57 Å². The van der Waals surface area contributed by atoms with Crippen molar-refractivity contribution >= 4 is 0 Å². The van der Waals surface area contributed by atoms with Gasteiger partial charge in [0.05, 0.1) is 0 Å². The Bertz CT molecular complexity index is 672. The Morgan fingerprint density at radius 1 is 0.750 bits per heavy atom. The average molecular weight is 430 g/mol. The predicted octanol–water partition coefficient (Wildman–Crippen LogP) is 0.659. The first kappa shape index (κ1) is 18.6. The quantitative estimate of drug-likeness (QED) is 0.452. The highest BCUT2D eigenvalue weighted by Crippen LogP contribution is 2.29. The molecule has 0 saturated carbocycles. The number of aromatic nitrogens is 1. The maximum atomic E-state index is 5.64. The number of halogens is 1. The average Bonchev–Trinajstić information content (AvgIpc) is 2.64. The first-order valence-corrected chi connectivity index (χ1v) is 8.15. The van der Waals surface area contributed by atoms with Crippen molar-refractivity contribution in [3.05, 3.63) is 102 Å². The molecule has 3 heteroatoms. The SMILES string of the molecule is NC[n+]1ccc(CCC(c2ccccc2)c2ccccc2)cc1.[I-]. The molecule has 24 heavy (non-hydrogen) atoms. The number of nitrogens with zero attached hydrogens (tertiary/aromatic N) is 1. The van der Waals surface area contributed by atoms with Crippen molar-refractivity contribution in [2.75, 3.05) is 0 Å². The lowest BCUT2D eigenvalue weighted by molar-refractivity contribution is -0.696. The van der Waals surface area contributed by atoms with Gasteiger partial charge in [-0.15, -0.1) is 0 Å². The Labute approximate surface area is 161 Å². The van der Waals surface area contributed by atoms with E-state index in [1.165, 1.54) is 16.7 Å². The number of pyridine rings is 1. The third-order valence-corrected chi connectivity index (χ3v) is 4.30. The molecule has 0 atom stereocenters. The molecule has 0 aliphatic heterocycles. The van der Waals surface area contributed by atoms with Crippen LogP contribution in [0, 0.1) is 0 Å². The van der Waals surface area contributed by atoms with Gasteiger partial charge in [0, 0.05) is 18.1 Å². The summed E-state index contributed by atoms with van der Waals surface area (Å²) in [5.74, 6) is 0.430. The van der Waals surface area contributed by atoms with Crippen LogP contribution < -0.4 is 34.3 Å². The summed E-state index contributed by atoms with van der Waals surface area (Å²) in [6.07, 6.45) is 6.26. The van der Waals surface area contributed by atoms with Crippen molar-refractivity contribution < 1.29 is 28.5 Å². The highest BCUT2D eigenvalue weighted by molar-refractivity contribution is 5.32. The second kappa shape index (κ2) is 9.55. The van der Waals surface area contributed by atoms with Crippen LogP contribution in [-0.2, 0) is 13.1 Å². The number of hydrogen-bond acceptors (Lipinski definition) is 1. The van der Waals surface area contributed by atoms with Gasteiger partial charge in [0.2, 0.25) is 0 Å². The zero-order valence-electron chi connectivity index (χ0n) is 13.7. The molecule has 0 saturated heterocycles. The molecular formula is C21H23IN2. The second-order valence-electron chi connectivity index (χ2n) is 5.82. The van der Waals surface area contributed by atoms with E-state index in [1.54, 1.807) is 0 Å². The highest BCUT2D eigenvalue weighted by Gasteiger charge is 2.14. The van der Waals surface area contributed by atoms with E-state index in [9.17, 15) is 0 Å². The van der Waals surface area contributed by atoms with Crippen LogP contribution in [0.25, 0.3) is 0 Å². The Kier molecular flexibility index (Phi) is 7.40. The van der Waals surface area contributed by atoms with E-state index >= 15 is 0 Å². The lowest BCUT2D eigenvalue weighted by Gasteiger charge is -2.18. The molecular weight excluding hydrogens is 407 g/mol. The Balaban J connectivity index is 0.00000208. The van der Waals surface area contributed by atoms with Crippen molar-refractivity contribution in [2.45, 2.75) is 25.4 Å². The smallest absolute Gasteiger partial charge is 0.199 e. The van der Waals surface area contributed by atoms with Gasteiger partial charge >= 0.3 is 0 Å². The molecule has 0 aliphatic carbocycles. The molecule has 0 amide bonds. The zero-order valence-corrected chi connectivity index (χ0v) is 15.8. The summed E-state index contributed by atoms with van der Waals surface area (Å²) in [7, 11) is 0. The molecule has 0 bridgehead atoms. The zero-order chi connectivity index (χ0) is 15.9. The van der Waals surface area contributed by atoms with Crippen molar-refractivity contribution in [1.29, 1.82) is 0 Å². The first-order chi connectivity index (χ1) is 11.4. The first-order valence-electron chi connectivity index (χ1n) is 8.15. The van der Waals surface area contributed by atoms with E-state index < -0.39 is 0 Å². The Morgan fingerprint density at radius 2 is 1.25 bits per heavy atom. The minimum atomic E-state index is 0. The topological polar surface area (TPSA) is 29.9 Å².